The third-order valence-electron chi connectivity index (χ3n) is 4.46. The molecule has 0 atom stereocenters. The number of aliphatic hydroxyl groups excluding tert-OH is 1. The van der Waals surface area contributed by atoms with Gasteiger partial charge in [-0.1, -0.05) is 25.0 Å². The van der Waals surface area contributed by atoms with E-state index in [9.17, 15) is 5.11 Å². The van der Waals surface area contributed by atoms with Gasteiger partial charge in [0.1, 0.15) is 5.82 Å². The van der Waals surface area contributed by atoms with Crippen molar-refractivity contribution >= 4 is 11.0 Å². The largest absolute Gasteiger partial charge is 0.396 e. The molecule has 0 radical (unpaired) electrons. The van der Waals surface area contributed by atoms with Gasteiger partial charge in [0, 0.05) is 18.6 Å². The summed E-state index contributed by atoms with van der Waals surface area (Å²) in [7, 11) is 2.11. The van der Waals surface area contributed by atoms with Gasteiger partial charge in [0.2, 0.25) is 0 Å². The second-order valence-corrected chi connectivity index (χ2v) is 6.24. The molecule has 2 N–H and O–H groups in total. The van der Waals surface area contributed by atoms with E-state index < -0.39 is 0 Å². The number of imidazole rings is 1. The van der Waals surface area contributed by atoms with Crippen molar-refractivity contribution < 1.29 is 5.11 Å². The Morgan fingerprint density at radius 2 is 2.05 bits per heavy atom. The standard InChI is InChI=1S/C16H23N3O/c1-19(11-16(12-20)8-4-5-9-16)10-15-17-13-6-2-3-7-14(13)18-15/h2-3,6-7,20H,4-5,8-12H2,1H3,(H,17,18). The maximum absolute atomic E-state index is 9.70. The predicted molar refractivity (Wildman–Crippen MR) is 80.4 cm³/mol. The van der Waals surface area contributed by atoms with Crippen LogP contribution in [-0.4, -0.2) is 40.2 Å². The SMILES string of the molecule is CN(Cc1nc2ccccc2[nH]1)CC1(CO)CCCC1. The number of rotatable bonds is 5. The van der Waals surface area contributed by atoms with Crippen LogP contribution in [0.15, 0.2) is 24.3 Å². The quantitative estimate of drug-likeness (QED) is 0.880. The summed E-state index contributed by atoms with van der Waals surface area (Å²) in [6.07, 6.45) is 4.79. The minimum absolute atomic E-state index is 0.112. The molecule has 1 aliphatic rings. The highest BCUT2D eigenvalue weighted by atomic mass is 16.3. The van der Waals surface area contributed by atoms with E-state index in [1.807, 2.05) is 18.2 Å². The zero-order valence-corrected chi connectivity index (χ0v) is 12.1. The lowest BCUT2D eigenvalue weighted by molar-refractivity contribution is 0.0855. The molecule has 4 nitrogen and oxygen atoms in total. The molecular weight excluding hydrogens is 250 g/mol. The maximum atomic E-state index is 9.70. The van der Waals surface area contributed by atoms with Crippen molar-refractivity contribution in [2.75, 3.05) is 20.2 Å². The highest BCUT2D eigenvalue weighted by Gasteiger charge is 2.34. The van der Waals surface area contributed by atoms with Gasteiger partial charge in [-0.25, -0.2) is 4.98 Å². The summed E-state index contributed by atoms with van der Waals surface area (Å²) in [5, 5.41) is 9.70. The van der Waals surface area contributed by atoms with Crippen molar-refractivity contribution in [3.63, 3.8) is 0 Å². The molecule has 1 saturated carbocycles. The van der Waals surface area contributed by atoms with E-state index in [1.165, 1.54) is 12.8 Å². The monoisotopic (exact) mass is 273 g/mol. The van der Waals surface area contributed by atoms with E-state index in [1.54, 1.807) is 0 Å². The number of hydrogen-bond acceptors (Lipinski definition) is 3. The highest BCUT2D eigenvalue weighted by Crippen LogP contribution is 2.38. The van der Waals surface area contributed by atoms with E-state index in [-0.39, 0.29) is 5.41 Å². The number of aliphatic hydroxyl groups is 1. The van der Waals surface area contributed by atoms with Crippen molar-refractivity contribution in [3.05, 3.63) is 30.1 Å². The normalized spacial score (nSPS) is 18.1. The van der Waals surface area contributed by atoms with E-state index in [4.69, 9.17) is 0 Å². The van der Waals surface area contributed by atoms with Gasteiger partial charge < -0.3 is 10.1 Å². The van der Waals surface area contributed by atoms with Gasteiger partial charge in [0.05, 0.1) is 17.6 Å². The first-order valence-corrected chi connectivity index (χ1v) is 7.44. The molecule has 1 aromatic heterocycles. The number of benzene rings is 1. The highest BCUT2D eigenvalue weighted by molar-refractivity contribution is 5.74. The zero-order valence-electron chi connectivity index (χ0n) is 12.1. The van der Waals surface area contributed by atoms with Crippen molar-refractivity contribution in [2.45, 2.75) is 32.2 Å². The van der Waals surface area contributed by atoms with Crippen LogP contribution >= 0.6 is 0 Å². The molecule has 1 aromatic carbocycles. The molecule has 0 unspecified atom stereocenters. The Morgan fingerprint density at radius 3 is 2.75 bits per heavy atom. The van der Waals surface area contributed by atoms with Gasteiger partial charge in [-0.05, 0) is 32.0 Å². The van der Waals surface area contributed by atoms with Crippen LogP contribution in [0.1, 0.15) is 31.5 Å². The minimum Gasteiger partial charge on any atom is -0.396 e. The molecule has 108 valence electrons. The van der Waals surface area contributed by atoms with E-state index >= 15 is 0 Å². The molecule has 4 heteroatoms. The number of aromatic nitrogens is 2. The van der Waals surface area contributed by atoms with Crippen LogP contribution in [0.25, 0.3) is 11.0 Å². The summed E-state index contributed by atoms with van der Waals surface area (Å²) in [6, 6.07) is 8.11. The van der Waals surface area contributed by atoms with Crippen LogP contribution in [0.3, 0.4) is 0 Å². The Balaban J connectivity index is 1.67. The molecule has 1 heterocycles. The lowest BCUT2D eigenvalue weighted by Gasteiger charge is -2.31. The average molecular weight is 273 g/mol. The minimum atomic E-state index is 0.112. The fourth-order valence-electron chi connectivity index (χ4n) is 3.46. The van der Waals surface area contributed by atoms with E-state index in [0.29, 0.717) is 6.61 Å². The molecule has 1 fully saturated rings. The lowest BCUT2D eigenvalue weighted by atomic mass is 9.87. The summed E-state index contributed by atoms with van der Waals surface area (Å²) in [5.41, 5.74) is 2.23. The summed E-state index contributed by atoms with van der Waals surface area (Å²) < 4.78 is 0. The zero-order chi connectivity index (χ0) is 14.0. The topological polar surface area (TPSA) is 52.2 Å². The smallest absolute Gasteiger partial charge is 0.121 e. The first kappa shape index (κ1) is 13.6. The lowest BCUT2D eigenvalue weighted by Crippen LogP contribution is -2.36. The first-order valence-electron chi connectivity index (χ1n) is 7.44. The van der Waals surface area contributed by atoms with Crippen molar-refractivity contribution in [1.29, 1.82) is 0 Å². The van der Waals surface area contributed by atoms with Gasteiger partial charge in [0.15, 0.2) is 0 Å². The fraction of sp³-hybridized carbons (Fsp3) is 0.562. The molecule has 0 saturated heterocycles. The summed E-state index contributed by atoms with van der Waals surface area (Å²) in [6.45, 7) is 2.05. The van der Waals surface area contributed by atoms with Gasteiger partial charge in [-0.2, -0.15) is 0 Å². The number of H-pyrrole nitrogens is 1. The van der Waals surface area contributed by atoms with Crippen molar-refractivity contribution in [3.8, 4) is 0 Å². The van der Waals surface area contributed by atoms with Gasteiger partial charge in [0.25, 0.3) is 0 Å². The third kappa shape index (κ3) is 2.72. The maximum Gasteiger partial charge on any atom is 0.121 e. The van der Waals surface area contributed by atoms with Crippen LogP contribution in [0.2, 0.25) is 0 Å². The van der Waals surface area contributed by atoms with Crippen LogP contribution in [-0.2, 0) is 6.54 Å². The average Bonchev–Trinajstić information content (AvgIpc) is 3.05. The second kappa shape index (κ2) is 5.54. The Labute approximate surface area is 119 Å². The second-order valence-electron chi connectivity index (χ2n) is 6.24. The van der Waals surface area contributed by atoms with Crippen molar-refractivity contribution in [2.24, 2.45) is 5.41 Å². The number of nitrogens with one attached hydrogen (secondary N) is 1. The number of fused-ring (bicyclic) bond motifs is 1. The number of hydrogen-bond donors (Lipinski definition) is 2. The Kier molecular flexibility index (Phi) is 3.76. The molecule has 0 aliphatic heterocycles. The molecule has 0 amide bonds. The first-order chi connectivity index (χ1) is 9.71. The van der Waals surface area contributed by atoms with Gasteiger partial charge in [-0.15, -0.1) is 0 Å². The van der Waals surface area contributed by atoms with Crippen LogP contribution in [0.4, 0.5) is 0 Å². The summed E-state index contributed by atoms with van der Waals surface area (Å²) >= 11 is 0. The molecule has 0 bridgehead atoms. The molecule has 2 aromatic rings. The molecule has 1 aliphatic carbocycles. The van der Waals surface area contributed by atoms with Crippen molar-refractivity contribution in [1.82, 2.24) is 14.9 Å². The van der Waals surface area contributed by atoms with Crippen LogP contribution in [0, 0.1) is 5.41 Å². The molecule has 20 heavy (non-hydrogen) atoms. The Bertz CT molecular complexity index is 539. The summed E-state index contributed by atoms with van der Waals surface area (Å²) in [5.74, 6) is 1.000. The molecular formula is C16H23N3O. The molecule has 0 spiro atoms. The number of para-hydroxylation sites is 2. The number of aromatic amines is 1. The van der Waals surface area contributed by atoms with Gasteiger partial charge in [-0.3, -0.25) is 4.90 Å². The Morgan fingerprint density at radius 1 is 1.30 bits per heavy atom. The third-order valence-corrected chi connectivity index (χ3v) is 4.46. The number of nitrogens with zero attached hydrogens (tertiary/aromatic N) is 2. The Hall–Kier alpha value is -1.39. The van der Waals surface area contributed by atoms with E-state index in [0.717, 1.165) is 42.8 Å². The summed E-state index contributed by atoms with van der Waals surface area (Å²) in [4.78, 5) is 10.3. The fourth-order valence-corrected chi connectivity index (χ4v) is 3.46. The van der Waals surface area contributed by atoms with Crippen LogP contribution in [0.5, 0.6) is 0 Å². The van der Waals surface area contributed by atoms with Gasteiger partial charge >= 0.3 is 0 Å². The van der Waals surface area contributed by atoms with E-state index in [2.05, 4.69) is 28.0 Å². The molecule has 3 rings (SSSR count). The predicted octanol–water partition coefficient (Wildman–Crippen LogP) is 2.55. The van der Waals surface area contributed by atoms with Crippen LogP contribution < -0.4 is 0 Å².